The van der Waals surface area contributed by atoms with Crippen LogP contribution in [0.3, 0.4) is 0 Å². The summed E-state index contributed by atoms with van der Waals surface area (Å²) in [5.41, 5.74) is 0. The molecule has 1 amide bonds. The Morgan fingerprint density at radius 1 is 0.481 bits per heavy atom. The number of aliphatic hydroxyl groups excluding tert-OH is 2. The highest BCUT2D eigenvalue weighted by molar-refractivity contribution is 5.76. The van der Waals surface area contributed by atoms with Crippen molar-refractivity contribution in [2.45, 2.75) is 180 Å². The lowest BCUT2D eigenvalue weighted by Gasteiger charge is -2.19. The van der Waals surface area contributed by atoms with Crippen LogP contribution in [-0.4, -0.2) is 34.9 Å². The number of carbonyl (C=O) groups is 1. The maximum Gasteiger partial charge on any atom is 0.220 e. The van der Waals surface area contributed by atoms with E-state index in [2.05, 4.69) is 116 Å². The molecule has 2 atom stereocenters. The van der Waals surface area contributed by atoms with E-state index in [4.69, 9.17) is 0 Å². The molecule has 0 saturated heterocycles. The molecule has 0 bridgehead atoms. The summed E-state index contributed by atoms with van der Waals surface area (Å²) in [6.07, 6.45) is 64.7. The number of allylic oxidation sites excluding steroid dienone is 17. The van der Waals surface area contributed by atoms with Gasteiger partial charge in [0.25, 0.3) is 0 Å². The molecule has 0 aromatic rings. The van der Waals surface area contributed by atoms with Gasteiger partial charge in [-0.05, 0) is 96.3 Å². The molecule has 0 aliphatic carbocycles. The van der Waals surface area contributed by atoms with E-state index < -0.39 is 12.1 Å². The van der Waals surface area contributed by atoms with Gasteiger partial charge in [0.2, 0.25) is 5.91 Å². The molecule has 0 heterocycles. The fourth-order valence-electron chi connectivity index (χ4n) is 5.50. The average molecular weight is 718 g/mol. The van der Waals surface area contributed by atoms with Crippen LogP contribution in [0.1, 0.15) is 168 Å². The van der Waals surface area contributed by atoms with Gasteiger partial charge in [-0.25, -0.2) is 0 Å². The fourth-order valence-corrected chi connectivity index (χ4v) is 5.50. The first-order valence-corrected chi connectivity index (χ1v) is 21.1. The highest BCUT2D eigenvalue weighted by Crippen LogP contribution is 2.10. The van der Waals surface area contributed by atoms with Crippen molar-refractivity contribution in [1.29, 1.82) is 0 Å². The van der Waals surface area contributed by atoms with Crippen LogP contribution in [-0.2, 0) is 4.79 Å². The minimum atomic E-state index is -0.883. The predicted octanol–water partition coefficient (Wildman–Crippen LogP) is 13.2. The van der Waals surface area contributed by atoms with E-state index in [0.29, 0.717) is 6.42 Å². The quantitative estimate of drug-likeness (QED) is 0.0446. The molecule has 294 valence electrons. The van der Waals surface area contributed by atoms with E-state index in [1.165, 1.54) is 57.8 Å². The zero-order valence-electron chi connectivity index (χ0n) is 33.5. The van der Waals surface area contributed by atoms with E-state index in [1.54, 1.807) is 6.08 Å². The molecule has 0 spiro atoms. The summed E-state index contributed by atoms with van der Waals surface area (Å²) in [6, 6.07) is -0.660. The van der Waals surface area contributed by atoms with Crippen LogP contribution in [0.4, 0.5) is 0 Å². The molecule has 0 aromatic carbocycles. The third-order valence-corrected chi connectivity index (χ3v) is 8.72. The number of amides is 1. The normalized spacial score (nSPS) is 14.2. The Morgan fingerprint density at radius 3 is 1.35 bits per heavy atom. The Hall–Kier alpha value is -2.95. The van der Waals surface area contributed by atoms with Crippen LogP contribution < -0.4 is 5.32 Å². The predicted molar refractivity (Wildman–Crippen MR) is 229 cm³/mol. The zero-order valence-corrected chi connectivity index (χ0v) is 33.5. The van der Waals surface area contributed by atoms with Crippen molar-refractivity contribution in [3.63, 3.8) is 0 Å². The molecule has 2 unspecified atom stereocenters. The van der Waals surface area contributed by atoms with Crippen LogP contribution in [0, 0.1) is 0 Å². The monoisotopic (exact) mass is 718 g/mol. The van der Waals surface area contributed by atoms with Gasteiger partial charge in [0.1, 0.15) is 0 Å². The molecule has 0 rings (SSSR count). The molecule has 4 heteroatoms. The number of aliphatic hydroxyl groups is 2. The van der Waals surface area contributed by atoms with Gasteiger partial charge in [0.05, 0.1) is 18.8 Å². The lowest BCUT2D eigenvalue weighted by Crippen LogP contribution is -2.45. The summed E-state index contributed by atoms with van der Waals surface area (Å²) in [5, 5.41) is 22.9. The highest BCUT2D eigenvalue weighted by atomic mass is 16.3. The minimum absolute atomic E-state index is 0.0994. The molecule has 0 radical (unpaired) electrons. The Balaban J connectivity index is 3.74. The lowest BCUT2D eigenvalue weighted by molar-refractivity contribution is -0.123. The Kier molecular flexibility index (Phi) is 40.1. The fraction of sp³-hybridized carbons (Fsp3) is 0.604. The molecule has 4 nitrogen and oxygen atoms in total. The molecule has 0 aliphatic rings. The summed E-state index contributed by atoms with van der Waals surface area (Å²) >= 11 is 0. The van der Waals surface area contributed by atoms with Crippen molar-refractivity contribution in [1.82, 2.24) is 5.32 Å². The lowest BCUT2D eigenvalue weighted by atomic mass is 10.1. The van der Waals surface area contributed by atoms with E-state index >= 15 is 0 Å². The van der Waals surface area contributed by atoms with E-state index in [-0.39, 0.29) is 12.5 Å². The van der Waals surface area contributed by atoms with Crippen molar-refractivity contribution < 1.29 is 15.0 Å². The zero-order chi connectivity index (χ0) is 37.8. The number of nitrogens with one attached hydrogen (secondary N) is 1. The maximum absolute atomic E-state index is 12.4. The van der Waals surface area contributed by atoms with Gasteiger partial charge in [-0.2, -0.15) is 0 Å². The molecular weight excluding hydrogens is 639 g/mol. The standard InChI is InChI=1S/C48H79NO3/c1-3-5-7-9-11-13-15-17-19-20-21-22-23-24-25-26-27-28-30-32-34-36-38-40-42-44-48(52)49-46(45-50)47(51)43-41-39-37-35-33-31-29-18-16-14-12-10-8-6-4-2/h5,7,11,13,16-19,21-22,24-25,27-28,33,35,41,43,46-47,50-51H,3-4,6,8-10,12,14-15,20,23,26,29-32,34,36-40,42,44-45H2,1-2H3,(H,49,52)/b7-5-,13-11-,18-16+,19-17-,22-21-,25-24-,28-27-,35-33+,43-41+. The van der Waals surface area contributed by atoms with Gasteiger partial charge in [-0.15, -0.1) is 0 Å². The van der Waals surface area contributed by atoms with Crippen LogP contribution in [0.5, 0.6) is 0 Å². The van der Waals surface area contributed by atoms with Crippen molar-refractivity contribution in [3.8, 4) is 0 Å². The Morgan fingerprint density at radius 2 is 0.865 bits per heavy atom. The summed E-state index contributed by atoms with van der Waals surface area (Å²) in [4.78, 5) is 12.4. The molecule has 0 saturated carbocycles. The smallest absolute Gasteiger partial charge is 0.220 e. The second-order valence-corrected chi connectivity index (χ2v) is 13.7. The number of carbonyl (C=O) groups excluding carboxylic acids is 1. The van der Waals surface area contributed by atoms with Gasteiger partial charge in [0, 0.05) is 6.42 Å². The second-order valence-electron chi connectivity index (χ2n) is 13.7. The first-order valence-electron chi connectivity index (χ1n) is 21.1. The SMILES string of the molecule is CC/C=C\C/C=C\C/C=C\C/C=C\C/C=C\C/C=C\CCCCCCCCC(=O)NC(CO)C(O)/C=C/CC/C=C/CC/C=C/CCCCCCC. The van der Waals surface area contributed by atoms with Crippen LogP contribution in [0.25, 0.3) is 0 Å². The summed E-state index contributed by atoms with van der Waals surface area (Å²) in [6.45, 7) is 4.13. The third-order valence-electron chi connectivity index (χ3n) is 8.72. The number of hydrogen-bond donors (Lipinski definition) is 3. The summed E-state index contributed by atoms with van der Waals surface area (Å²) in [7, 11) is 0. The second kappa shape index (κ2) is 42.5. The molecule has 0 fully saturated rings. The van der Waals surface area contributed by atoms with Gasteiger partial charge in [0.15, 0.2) is 0 Å². The van der Waals surface area contributed by atoms with Gasteiger partial charge >= 0.3 is 0 Å². The number of unbranched alkanes of at least 4 members (excludes halogenated alkanes) is 13. The Labute approximate surface area is 321 Å². The van der Waals surface area contributed by atoms with Gasteiger partial charge in [-0.1, -0.05) is 175 Å². The van der Waals surface area contributed by atoms with Crippen LogP contribution >= 0.6 is 0 Å². The summed E-state index contributed by atoms with van der Waals surface area (Å²) in [5.74, 6) is -0.0994. The van der Waals surface area contributed by atoms with Crippen molar-refractivity contribution in [2.24, 2.45) is 0 Å². The maximum atomic E-state index is 12.4. The minimum Gasteiger partial charge on any atom is -0.394 e. The van der Waals surface area contributed by atoms with Crippen molar-refractivity contribution in [2.75, 3.05) is 6.61 Å². The van der Waals surface area contributed by atoms with Gasteiger partial charge < -0.3 is 15.5 Å². The highest BCUT2D eigenvalue weighted by Gasteiger charge is 2.17. The number of hydrogen-bond acceptors (Lipinski definition) is 3. The third kappa shape index (κ3) is 38.3. The van der Waals surface area contributed by atoms with Crippen molar-refractivity contribution >= 4 is 5.91 Å². The Bertz CT molecular complexity index is 1040. The molecule has 0 aliphatic heterocycles. The largest absolute Gasteiger partial charge is 0.394 e. The number of rotatable bonds is 36. The summed E-state index contributed by atoms with van der Waals surface area (Å²) < 4.78 is 0. The molecule has 52 heavy (non-hydrogen) atoms. The topological polar surface area (TPSA) is 69.6 Å². The molecule has 0 aromatic heterocycles. The first kappa shape index (κ1) is 49.1. The van der Waals surface area contributed by atoms with Crippen LogP contribution in [0.15, 0.2) is 109 Å². The average Bonchev–Trinajstić information content (AvgIpc) is 3.15. The van der Waals surface area contributed by atoms with Crippen LogP contribution in [0.2, 0.25) is 0 Å². The molecular formula is C48H79NO3. The van der Waals surface area contributed by atoms with E-state index in [0.717, 1.165) is 89.9 Å². The van der Waals surface area contributed by atoms with E-state index in [1.807, 2.05) is 6.08 Å². The van der Waals surface area contributed by atoms with Gasteiger partial charge in [-0.3, -0.25) is 4.79 Å². The first-order chi connectivity index (χ1) is 25.7. The molecule has 3 N–H and O–H groups in total. The van der Waals surface area contributed by atoms with E-state index in [9.17, 15) is 15.0 Å². The van der Waals surface area contributed by atoms with Crippen molar-refractivity contribution in [3.05, 3.63) is 109 Å².